The van der Waals surface area contributed by atoms with Crippen LogP contribution in [0, 0.1) is 0 Å². The zero-order chi connectivity index (χ0) is 23.2. The SMILES string of the molecule is O=C(CCCc1cccnc1)Nc1ccc2nc(-c3ccc(Oc4ccccc4)cc3)[nH]c2c1. The minimum absolute atomic E-state index is 0.00279. The van der Waals surface area contributed by atoms with Crippen molar-refractivity contribution in [2.75, 3.05) is 5.32 Å². The normalized spacial score (nSPS) is 10.8. The summed E-state index contributed by atoms with van der Waals surface area (Å²) in [4.78, 5) is 24.5. The molecule has 5 rings (SSSR count). The molecule has 168 valence electrons. The molecule has 2 aromatic heterocycles. The number of aryl methyl sites for hydroxylation is 1. The van der Waals surface area contributed by atoms with Crippen LogP contribution in [0.15, 0.2) is 97.3 Å². The molecule has 0 radical (unpaired) electrons. The number of carbonyl (C=O) groups is 1. The molecule has 1 amide bonds. The number of nitrogens with one attached hydrogen (secondary N) is 2. The van der Waals surface area contributed by atoms with E-state index in [9.17, 15) is 4.79 Å². The number of amides is 1. The average molecular weight is 449 g/mol. The molecule has 34 heavy (non-hydrogen) atoms. The second-order valence-corrected chi connectivity index (χ2v) is 8.02. The molecule has 0 aliphatic heterocycles. The maximum Gasteiger partial charge on any atom is 0.224 e. The van der Waals surface area contributed by atoms with Crippen LogP contribution >= 0.6 is 0 Å². The number of aromatic amines is 1. The molecule has 0 saturated heterocycles. The van der Waals surface area contributed by atoms with Crippen molar-refractivity contribution in [1.82, 2.24) is 15.0 Å². The quantitative estimate of drug-likeness (QED) is 0.289. The van der Waals surface area contributed by atoms with Crippen molar-refractivity contribution < 1.29 is 9.53 Å². The van der Waals surface area contributed by atoms with Crippen molar-refractivity contribution in [2.24, 2.45) is 0 Å². The molecule has 0 saturated carbocycles. The molecule has 0 fully saturated rings. The molecule has 3 aromatic carbocycles. The van der Waals surface area contributed by atoms with Gasteiger partial charge in [0.25, 0.3) is 0 Å². The van der Waals surface area contributed by atoms with E-state index in [4.69, 9.17) is 4.74 Å². The lowest BCUT2D eigenvalue weighted by Gasteiger charge is -2.05. The van der Waals surface area contributed by atoms with E-state index in [2.05, 4.69) is 20.3 Å². The van der Waals surface area contributed by atoms with Gasteiger partial charge >= 0.3 is 0 Å². The number of pyridine rings is 1. The molecule has 6 heteroatoms. The number of para-hydroxylation sites is 1. The number of carbonyl (C=O) groups excluding carboxylic acids is 1. The molecule has 0 unspecified atom stereocenters. The fraction of sp³-hybridized carbons (Fsp3) is 0.107. The highest BCUT2D eigenvalue weighted by molar-refractivity contribution is 5.93. The van der Waals surface area contributed by atoms with E-state index in [1.54, 1.807) is 6.20 Å². The summed E-state index contributed by atoms with van der Waals surface area (Å²) in [5, 5.41) is 2.98. The smallest absolute Gasteiger partial charge is 0.224 e. The Hall–Kier alpha value is -4.45. The summed E-state index contributed by atoms with van der Waals surface area (Å²) in [6, 6.07) is 27.1. The number of ether oxygens (including phenoxy) is 1. The number of imidazole rings is 1. The Balaban J connectivity index is 1.21. The largest absolute Gasteiger partial charge is 0.457 e. The molecule has 0 spiro atoms. The van der Waals surface area contributed by atoms with Crippen LogP contribution in [0.25, 0.3) is 22.4 Å². The second kappa shape index (κ2) is 10.0. The Bertz CT molecular complexity index is 1380. The molecule has 2 heterocycles. The monoisotopic (exact) mass is 448 g/mol. The van der Waals surface area contributed by atoms with E-state index in [0.29, 0.717) is 6.42 Å². The lowest BCUT2D eigenvalue weighted by atomic mass is 10.1. The molecule has 0 bridgehead atoms. The summed E-state index contributed by atoms with van der Waals surface area (Å²) in [6.07, 6.45) is 5.66. The first-order valence-electron chi connectivity index (χ1n) is 11.2. The Morgan fingerprint density at radius 1 is 0.912 bits per heavy atom. The van der Waals surface area contributed by atoms with Gasteiger partial charge in [-0.05, 0) is 79.1 Å². The van der Waals surface area contributed by atoms with Crippen LogP contribution in [0.3, 0.4) is 0 Å². The summed E-state index contributed by atoms with van der Waals surface area (Å²) in [5.74, 6) is 2.32. The van der Waals surface area contributed by atoms with Gasteiger partial charge in [0.15, 0.2) is 0 Å². The van der Waals surface area contributed by atoms with Gasteiger partial charge < -0.3 is 15.0 Å². The predicted octanol–water partition coefficient (Wildman–Crippen LogP) is 6.38. The van der Waals surface area contributed by atoms with Gasteiger partial charge in [0.05, 0.1) is 11.0 Å². The molecule has 0 atom stereocenters. The van der Waals surface area contributed by atoms with E-state index in [1.807, 2.05) is 91.1 Å². The first-order valence-corrected chi connectivity index (χ1v) is 11.2. The number of rotatable bonds is 8. The zero-order valence-electron chi connectivity index (χ0n) is 18.6. The first-order chi connectivity index (χ1) is 16.7. The molecular formula is C28H24N4O2. The van der Waals surface area contributed by atoms with Crippen LogP contribution in [0.2, 0.25) is 0 Å². The predicted molar refractivity (Wildman–Crippen MR) is 134 cm³/mol. The number of anilines is 1. The van der Waals surface area contributed by atoms with Gasteiger partial charge in [-0.15, -0.1) is 0 Å². The average Bonchev–Trinajstić information content (AvgIpc) is 3.29. The van der Waals surface area contributed by atoms with Crippen LogP contribution in [0.1, 0.15) is 18.4 Å². The van der Waals surface area contributed by atoms with Gasteiger partial charge in [-0.1, -0.05) is 24.3 Å². The van der Waals surface area contributed by atoms with Crippen LogP contribution < -0.4 is 10.1 Å². The second-order valence-electron chi connectivity index (χ2n) is 8.02. The van der Waals surface area contributed by atoms with E-state index < -0.39 is 0 Å². The van der Waals surface area contributed by atoms with E-state index in [0.717, 1.165) is 58.0 Å². The van der Waals surface area contributed by atoms with Gasteiger partial charge in [-0.3, -0.25) is 9.78 Å². The summed E-state index contributed by atoms with van der Waals surface area (Å²) in [5.41, 5.74) is 4.56. The molecule has 6 nitrogen and oxygen atoms in total. The molecule has 2 N–H and O–H groups in total. The van der Waals surface area contributed by atoms with Crippen LogP contribution in [0.5, 0.6) is 11.5 Å². The molecular weight excluding hydrogens is 424 g/mol. The van der Waals surface area contributed by atoms with Crippen molar-refractivity contribution in [2.45, 2.75) is 19.3 Å². The van der Waals surface area contributed by atoms with Gasteiger partial charge in [-0.2, -0.15) is 0 Å². The van der Waals surface area contributed by atoms with Gasteiger partial charge in [0.1, 0.15) is 17.3 Å². The minimum Gasteiger partial charge on any atom is -0.457 e. The molecule has 5 aromatic rings. The van der Waals surface area contributed by atoms with Crippen molar-refractivity contribution in [3.8, 4) is 22.9 Å². The Morgan fingerprint density at radius 2 is 1.74 bits per heavy atom. The van der Waals surface area contributed by atoms with Crippen molar-refractivity contribution in [3.63, 3.8) is 0 Å². The number of nitrogens with zero attached hydrogens (tertiary/aromatic N) is 2. The third-order valence-electron chi connectivity index (χ3n) is 5.46. The highest BCUT2D eigenvalue weighted by atomic mass is 16.5. The van der Waals surface area contributed by atoms with Crippen molar-refractivity contribution in [3.05, 3.63) is 103 Å². The minimum atomic E-state index is -0.00279. The maximum atomic E-state index is 12.4. The van der Waals surface area contributed by atoms with Crippen molar-refractivity contribution >= 4 is 22.6 Å². The molecule has 0 aliphatic carbocycles. The number of aromatic nitrogens is 3. The van der Waals surface area contributed by atoms with Crippen LogP contribution in [0.4, 0.5) is 5.69 Å². The van der Waals surface area contributed by atoms with Gasteiger partial charge in [0, 0.05) is 30.1 Å². The van der Waals surface area contributed by atoms with Gasteiger partial charge in [0.2, 0.25) is 5.91 Å². The standard InChI is InChI=1S/C28H24N4O2/c33-27(10-4-6-20-7-5-17-29-19-20)30-22-13-16-25-26(18-22)32-28(31-25)21-11-14-24(15-12-21)34-23-8-2-1-3-9-23/h1-3,5,7-9,11-19H,4,6,10H2,(H,30,33)(H,31,32). The van der Waals surface area contributed by atoms with Gasteiger partial charge in [-0.25, -0.2) is 4.98 Å². The summed E-state index contributed by atoms with van der Waals surface area (Å²) in [7, 11) is 0. The summed E-state index contributed by atoms with van der Waals surface area (Å²) < 4.78 is 5.86. The van der Waals surface area contributed by atoms with E-state index in [-0.39, 0.29) is 5.91 Å². The van der Waals surface area contributed by atoms with E-state index >= 15 is 0 Å². The highest BCUT2D eigenvalue weighted by Gasteiger charge is 2.09. The van der Waals surface area contributed by atoms with Crippen LogP contribution in [-0.4, -0.2) is 20.9 Å². The highest BCUT2D eigenvalue weighted by Crippen LogP contribution is 2.27. The summed E-state index contributed by atoms with van der Waals surface area (Å²) >= 11 is 0. The maximum absolute atomic E-state index is 12.4. The zero-order valence-corrected chi connectivity index (χ0v) is 18.6. The first kappa shape index (κ1) is 21.4. The third kappa shape index (κ3) is 5.30. The number of benzene rings is 3. The Kier molecular flexibility index (Phi) is 6.29. The fourth-order valence-corrected chi connectivity index (χ4v) is 3.75. The van der Waals surface area contributed by atoms with Crippen molar-refractivity contribution in [1.29, 1.82) is 0 Å². The summed E-state index contributed by atoms with van der Waals surface area (Å²) in [6.45, 7) is 0. The van der Waals surface area contributed by atoms with Crippen LogP contribution in [-0.2, 0) is 11.2 Å². The molecule has 0 aliphatic rings. The Morgan fingerprint density at radius 3 is 2.53 bits per heavy atom. The lowest BCUT2D eigenvalue weighted by Crippen LogP contribution is -2.11. The number of hydrogen-bond acceptors (Lipinski definition) is 4. The topological polar surface area (TPSA) is 79.9 Å². The third-order valence-corrected chi connectivity index (χ3v) is 5.46. The lowest BCUT2D eigenvalue weighted by molar-refractivity contribution is -0.116. The number of hydrogen-bond donors (Lipinski definition) is 2. The fourth-order valence-electron chi connectivity index (χ4n) is 3.75. The number of H-pyrrole nitrogens is 1. The number of fused-ring (bicyclic) bond motifs is 1. The van der Waals surface area contributed by atoms with E-state index in [1.165, 1.54) is 0 Å². The Labute approximate surface area is 197 Å².